The van der Waals surface area contributed by atoms with Crippen LogP contribution in [0.2, 0.25) is 0 Å². The van der Waals surface area contributed by atoms with Crippen LogP contribution in [0.15, 0.2) is 48.6 Å². The highest BCUT2D eigenvalue weighted by Crippen LogP contribution is 2.35. The molecule has 1 N–H and O–H groups in total. The van der Waals surface area contributed by atoms with Gasteiger partial charge in [-0.15, -0.1) is 0 Å². The fourth-order valence-electron chi connectivity index (χ4n) is 3.21. The number of benzene rings is 2. The zero-order valence-corrected chi connectivity index (χ0v) is 14.5. The van der Waals surface area contributed by atoms with E-state index < -0.39 is 5.60 Å². The lowest BCUT2D eigenvalue weighted by Gasteiger charge is -2.42. The second-order valence-corrected chi connectivity index (χ2v) is 6.42. The van der Waals surface area contributed by atoms with Crippen LogP contribution in [0.3, 0.4) is 0 Å². The molecule has 1 heterocycles. The topological polar surface area (TPSA) is 38.3 Å². The number of ether oxygens (including phenoxy) is 1. The van der Waals surface area contributed by atoms with Crippen molar-refractivity contribution in [2.24, 2.45) is 0 Å². The van der Waals surface area contributed by atoms with Crippen molar-refractivity contribution in [2.75, 3.05) is 13.1 Å². The molecule has 3 rings (SSSR count). The lowest BCUT2D eigenvalue weighted by molar-refractivity contribution is -0.150. The minimum absolute atomic E-state index is 0.207. The van der Waals surface area contributed by atoms with Gasteiger partial charge < -0.3 is 10.1 Å². The van der Waals surface area contributed by atoms with E-state index in [1.54, 1.807) is 6.07 Å². The molecule has 1 aliphatic heterocycles. The molecule has 0 amide bonds. The SMILES string of the molecule is C/C=C\Cc1ccc(-c2ccc(C)c(C3(OC=O)CNC3)c2)cc1F. The Morgan fingerprint density at radius 3 is 2.52 bits per heavy atom. The standard InChI is InChI=1S/C21H22FNO2/c1-3-4-5-16-8-9-18(11-20(16)22)17-7-6-15(2)19(10-17)21(25-14-24)12-23-13-21/h3-4,6-11,14,23H,5,12-13H2,1-2H3/b4-3-. The zero-order chi connectivity index (χ0) is 17.9. The number of hydrogen-bond acceptors (Lipinski definition) is 3. The van der Waals surface area contributed by atoms with Gasteiger partial charge in [-0.05, 0) is 54.7 Å². The van der Waals surface area contributed by atoms with Crippen LogP contribution < -0.4 is 5.32 Å². The Morgan fingerprint density at radius 1 is 1.20 bits per heavy atom. The summed E-state index contributed by atoms with van der Waals surface area (Å²) >= 11 is 0. The Morgan fingerprint density at radius 2 is 1.92 bits per heavy atom. The first-order valence-electron chi connectivity index (χ1n) is 8.43. The van der Waals surface area contributed by atoms with Crippen LogP contribution in [0, 0.1) is 12.7 Å². The molecular formula is C21H22FNO2. The zero-order valence-electron chi connectivity index (χ0n) is 14.5. The maximum Gasteiger partial charge on any atom is 0.294 e. The molecule has 1 aliphatic rings. The predicted octanol–water partition coefficient (Wildman–Crippen LogP) is 3.89. The van der Waals surface area contributed by atoms with Gasteiger partial charge in [-0.3, -0.25) is 4.79 Å². The van der Waals surface area contributed by atoms with E-state index in [1.807, 2.05) is 56.3 Å². The summed E-state index contributed by atoms with van der Waals surface area (Å²) in [4.78, 5) is 10.9. The van der Waals surface area contributed by atoms with E-state index in [0.717, 1.165) is 22.3 Å². The van der Waals surface area contributed by atoms with Gasteiger partial charge in [0.25, 0.3) is 6.47 Å². The summed E-state index contributed by atoms with van der Waals surface area (Å²) in [6, 6.07) is 11.3. The van der Waals surface area contributed by atoms with Crippen molar-refractivity contribution in [1.29, 1.82) is 0 Å². The molecule has 1 fully saturated rings. The number of rotatable bonds is 6. The molecule has 0 saturated carbocycles. The second kappa shape index (κ2) is 7.19. The molecule has 2 aromatic rings. The average Bonchev–Trinajstić information content (AvgIpc) is 2.58. The second-order valence-electron chi connectivity index (χ2n) is 6.42. The van der Waals surface area contributed by atoms with Crippen molar-refractivity contribution >= 4 is 6.47 Å². The van der Waals surface area contributed by atoms with Crippen molar-refractivity contribution in [3.05, 3.63) is 71.1 Å². The van der Waals surface area contributed by atoms with Crippen LogP contribution in [0.4, 0.5) is 4.39 Å². The number of aryl methyl sites for hydroxylation is 1. The number of nitrogens with one attached hydrogen (secondary N) is 1. The summed E-state index contributed by atoms with van der Waals surface area (Å²) < 4.78 is 19.7. The van der Waals surface area contributed by atoms with E-state index in [-0.39, 0.29) is 5.82 Å². The summed E-state index contributed by atoms with van der Waals surface area (Å²) in [6.45, 7) is 5.60. The van der Waals surface area contributed by atoms with Crippen molar-refractivity contribution in [1.82, 2.24) is 5.32 Å². The Hall–Kier alpha value is -2.46. The lowest BCUT2D eigenvalue weighted by Crippen LogP contribution is -2.58. The lowest BCUT2D eigenvalue weighted by atomic mass is 9.83. The van der Waals surface area contributed by atoms with Gasteiger partial charge in [-0.25, -0.2) is 4.39 Å². The summed E-state index contributed by atoms with van der Waals surface area (Å²) in [5.74, 6) is -0.207. The Bertz CT molecular complexity index is 810. The number of carbonyl (C=O) groups excluding carboxylic acids is 1. The molecule has 2 aromatic carbocycles. The minimum atomic E-state index is -0.619. The molecule has 0 spiro atoms. The normalized spacial score (nSPS) is 15.8. The highest BCUT2D eigenvalue weighted by molar-refractivity contribution is 5.66. The van der Waals surface area contributed by atoms with Crippen LogP contribution in [-0.4, -0.2) is 19.6 Å². The third-order valence-electron chi connectivity index (χ3n) is 4.78. The van der Waals surface area contributed by atoms with Gasteiger partial charge in [0, 0.05) is 18.7 Å². The number of carbonyl (C=O) groups is 1. The van der Waals surface area contributed by atoms with Gasteiger partial charge >= 0.3 is 0 Å². The monoisotopic (exact) mass is 339 g/mol. The van der Waals surface area contributed by atoms with E-state index in [9.17, 15) is 9.18 Å². The van der Waals surface area contributed by atoms with Crippen LogP contribution in [0.5, 0.6) is 0 Å². The maximum atomic E-state index is 14.4. The van der Waals surface area contributed by atoms with Gasteiger partial charge in [0.1, 0.15) is 5.82 Å². The number of halogens is 1. The van der Waals surface area contributed by atoms with E-state index in [2.05, 4.69) is 5.32 Å². The first kappa shape index (κ1) is 17.4. The van der Waals surface area contributed by atoms with E-state index in [1.165, 1.54) is 0 Å². The van der Waals surface area contributed by atoms with Crippen molar-refractivity contribution in [2.45, 2.75) is 25.9 Å². The first-order chi connectivity index (χ1) is 12.1. The molecule has 1 saturated heterocycles. The molecule has 0 atom stereocenters. The summed E-state index contributed by atoms with van der Waals surface area (Å²) in [7, 11) is 0. The van der Waals surface area contributed by atoms with Gasteiger partial charge in [-0.2, -0.15) is 0 Å². The molecule has 0 unspecified atom stereocenters. The average molecular weight is 339 g/mol. The van der Waals surface area contributed by atoms with E-state index in [0.29, 0.717) is 31.5 Å². The van der Waals surface area contributed by atoms with Crippen LogP contribution >= 0.6 is 0 Å². The van der Waals surface area contributed by atoms with E-state index >= 15 is 0 Å². The molecule has 0 bridgehead atoms. The Kier molecular flexibility index (Phi) is 5.00. The first-order valence-corrected chi connectivity index (χ1v) is 8.43. The third-order valence-corrected chi connectivity index (χ3v) is 4.78. The minimum Gasteiger partial charge on any atom is -0.454 e. The highest BCUT2D eigenvalue weighted by atomic mass is 19.1. The van der Waals surface area contributed by atoms with Crippen molar-refractivity contribution in [3.63, 3.8) is 0 Å². The quantitative estimate of drug-likeness (QED) is 0.641. The highest BCUT2D eigenvalue weighted by Gasteiger charge is 2.42. The molecule has 0 aliphatic carbocycles. The molecule has 3 nitrogen and oxygen atoms in total. The van der Waals surface area contributed by atoms with Crippen LogP contribution in [0.1, 0.15) is 23.6 Å². The molecule has 130 valence electrons. The largest absolute Gasteiger partial charge is 0.454 e. The van der Waals surface area contributed by atoms with Gasteiger partial charge in [-0.1, -0.05) is 36.4 Å². The smallest absolute Gasteiger partial charge is 0.294 e. The summed E-state index contributed by atoms with van der Waals surface area (Å²) in [5.41, 5.74) is 3.81. The van der Waals surface area contributed by atoms with Crippen LogP contribution in [-0.2, 0) is 21.6 Å². The maximum absolute atomic E-state index is 14.4. The van der Waals surface area contributed by atoms with E-state index in [4.69, 9.17) is 4.74 Å². The molecule has 0 aromatic heterocycles. The van der Waals surface area contributed by atoms with Gasteiger partial charge in [0.2, 0.25) is 0 Å². The van der Waals surface area contributed by atoms with Crippen LogP contribution in [0.25, 0.3) is 11.1 Å². The fourth-order valence-corrected chi connectivity index (χ4v) is 3.21. The Balaban J connectivity index is 1.97. The molecule has 0 radical (unpaired) electrons. The molecule has 4 heteroatoms. The molecule has 25 heavy (non-hydrogen) atoms. The predicted molar refractivity (Wildman–Crippen MR) is 96.8 cm³/mol. The number of hydrogen-bond donors (Lipinski definition) is 1. The van der Waals surface area contributed by atoms with Crippen molar-refractivity contribution < 1.29 is 13.9 Å². The number of allylic oxidation sites excluding steroid dienone is 2. The molecular weight excluding hydrogens is 317 g/mol. The van der Waals surface area contributed by atoms with Gasteiger partial charge in [0.05, 0.1) is 0 Å². The summed E-state index contributed by atoms with van der Waals surface area (Å²) in [5, 5.41) is 3.16. The van der Waals surface area contributed by atoms with Crippen molar-refractivity contribution in [3.8, 4) is 11.1 Å². The van der Waals surface area contributed by atoms with Gasteiger partial charge in [0.15, 0.2) is 5.60 Å². The third kappa shape index (κ3) is 3.35. The Labute approximate surface area is 147 Å². The summed E-state index contributed by atoms with van der Waals surface area (Å²) in [6.07, 6.45) is 4.44. The fraction of sp³-hybridized carbons (Fsp3) is 0.286.